The van der Waals surface area contributed by atoms with Crippen molar-refractivity contribution in [3.05, 3.63) is 128 Å². The van der Waals surface area contributed by atoms with Gasteiger partial charge in [-0.2, -0.15) is 0 Å². The summed E-state index contributed by atoms with van der Waals surface area (Å²) in [5.41, 5.74) is 3.04. The van der Waals surface area contributed by atoms with Crippen molar-refractivity contribution >= 4 is 59.4 Å². The Kier molecular flexibility index (Phi) is 9.49. The van der Waals surface area contributed by atoms with Crippen molar-refractivity contribution in [3.63, 3.8) is 0 Å². The average molecular weight is 694 g/mol. The van der Waals surface area contributed by atoms with Crippen LogP contribution in [0.3, 0.4) is 0 Å². The van der Waals surface area contributed by atoms with E-state index in [1.807, 2.05) is 13.0 Å². The van der Waals surface area contributed by atoms with Crippen LogP contribution in [0, 0.1) is 19.3 Å². The quantitative estimate of drug-likeness (QED) is 0.184. The summed E-state index contributed by atoms with van der Waals surface area (Å²) in [5, 5.41) is 0. The topological polar surface area (TPSA) is 74.8 Å². The fourth-order valence-electron chi connectivity index (χ4n) is 4.29. The zero-order valence-electron chi connectivity index (χ0n) is 22.3. The molecule has 0 aliphatic rings. The number of nitrogens with zero attached hydrogens (tertiary/aromatic N) is 2. The third kappa shape index (κ3) is 6.96. The lowest BCUT2D eigenvalue weighted by Crippen LogP contribution is -2.40. The van der Waals surface area contributed by atoms with Crippen molar-refractivity contribution < 1.29 is 18.0 Å². The highest BCUT2D eigenvalue weighted by molar-refractivity contribution is 9.11. The summed E-state index contributed by atoms with van der Waals surface area (Å²) in [7, 11) is -2.90. The van der Waals surface area contributed by atoms with Crippen LogP contribution in [0.5, 0.6) is 0 Å². The number of sulfonamides is 1. The van der Waals surface area contributed by atoms with Crippen molar-refractivity contribution in [2.45, 2.75) is 24.3 Å². The number of halogens is 2. The Morgan fingerprint density at radius 3 is 2.02 bits per heavy atom. The van der Waals surface area contributed by atoms with Crippen LogP contribution in [-0.4, -0.2) is 31.6 Å². The zero-order chi connectivity index (χ0) is 29.7. The highest BCUT2D eigenvalue weighted by Gasteiger charge is 2.34. The third-order valence-corrected chi connectivity index (χ3v) is 9.25. The number of carbonyl (C=O) groups excluding carboxylic acids is 2. The lowest BCUT2D eigenvalue weighted by molar-refractivity contribution is -0.126. The molecule has 4 rings (SSSR count). The molecule has 208 valence electrons. The molecule has 41 heavy (non-hydrogen) atoms. The molecule has 6 nitrogen and oxygen atoms in total. The van der Waals surface area contributed by atoms with Gasteiger partial charge in [0.25, 0.3) is 15.9 Å². The first-order valence-electron chi connectivity index (χ1n) is 12.5. The molecule has 0 heterocycles. The van der Waals surface area contributed by atoms with E-state index in [-0.39, 0.29) is 17.2 Å². The first kappa shape index (κ1) is 30.3. The standard InChI is InChI=1S/C32H26Br2N2O4S/c1-4-23-12-14-24(15-13-23)30(21-31(37)35(3)41(39,40)29-16-10-22(2)11-17-29)36(28-19-26(33)18-27(34)20-28)32(38)25-8-6-5-7-9-25/h1,5-20,30H,21H2,2-3H3/t30-/m1/s1. The molecule has 0 N–H and O–H groups in total. The number of terminal acetylenes is 1. The van der Waals surface area contributed by atoms with Crippen LogP contribution in [0.2, 0.25) is 0 Å². The molecule has 0 aromatic heterocycles. The summed E-state index contributed by atoms with van der Waals surface area (Å²) in [5.74, 6) is 1.52. The molecule has 0 aliphatic carbocycles. The van der Waals surface area contributed by atoms with Crippen LogP contribution in [0.15, 0.2) is 111 Å². The van der Waals surface area contributed by atoms with E-state index in [0.29, 0.717) is 31.3 Å². The fraction of sp³-hybridized carbons (Fsp3) is 0.125. The van der Waals surface area contributed by atoms with Gasteiger partial charge in [-0.25, -0.2) is 12.7 Å². The average Bonchev–Trinajstić information content (AvgIpc) is 2.96. The minimum Gasteiger partial charge on any atom is -0.300 e. The SMILES string of the molecule is C#Cc1ccc([C@@H](CC(=O)N(C)S(=O)(=O)c2ccc(C)cc2)N(C(=O)c2ccccc2)c2cc(Br)cc(Br)c2)cc1. The Labute approximate surface area is 257 Å². The molecule has 0 saturated carbocycles. The van der Waals surface area contributed by atoms with Crippen molar-refractivity contribution in [2.75, 3.05) is 11.9 Å². The lowest BCUT2D eigenvalue weighted by Gasteiger charge is -2.33. The Balaban J connectivity index is 1.84. The molecular weight excluding hydrogens is 668 g/mol. The van der Waals surface area contributed by atoms with Gasteiger partial charge >= 0.3 is 0 Å². The minimum absolute atomic E-state index is 0.00186. The van der Waals surface area contributed by atoms with E-state index in [9.17, 15) is 18.0 Å². The predicted molar refractivity (Wildman–Crippen MR) is 168 cm³/mol. The van der Waals surface area contributed by atoms with Gasteiger partial charge in [0, 0.05) is 32.8 Å². The molecule has 0 saturated heterocycles. The first-order valence-corrected chi connectivity index (χ1v) is 15.5. The van der Waals surface area contributed by atoms with Crippen LogP contribution >= 0.6 is 31.9 Å². The van der Waals surface area contributed by atoms with E-state index in [1.165, 1.54) is 24.1 Å². The third-order valence-electron chi connectivity index (χ3n) is 6.54. The van der Waals surface area contributed by atoms with Crippen LogP contribution in [0.4, 0.5) is 5.69 Å². The van der Waals surface area contributed by atoms with E-state index < -0.39 is 22.0 Å². The van der Waals surface area contributed by atoms with E-state index in [0.717, 1.165) is 9.87 Å². The van der Waals surface area contributed by atoms with Crippen LogP contribution in [-0.2, 0) is 14.8 Å². The number of benzene rings is 4. The van der Waals surface area contributed by atoms with Gasteiger partial charge in [-0.3, -0.25) is 9.59 Å². The summed E-state index contributed by atoms with van der Waals surface area (Å²) in [6.45, 7) is 1.85. The van der Waals surface area contributed by atoms with E-state index in [1.54, 1.807) is 78.9 Å². The predicted octanol–water partition coefficient (Wildman–Crippen LogP) is 7.13. The van der Waals surface area contributed by atoms with Crippen molar-refractivity contribution in [3.8, 4) is 12.3 Å². The Morgan fingerprint density at radius 2 is 1.46 bits per heavy atom. The fourth-order valence-corrected chi connectivity index (χ4v) is 6.70. The number of anilines is 1. The van der Waals surface area contributed by atoms with E-state index in [2.05, 4.69) is 37.8 Å². The molecule has 0 unspecified atom stereocenters. The Hall–Kier alpha value is -3.71. The number of amides is 2. The molecule has 0 radical (unpaired) electrons. The lowest BCUT2D eigenvalue weighted by atomic mass is 9.98. The number of hydrogen-bond donors (Lipinski definition) is 0. The van der Waals surface area contributed by atoms with Crippen LogP contribution < -0.4 is 4.90 Å². The second-order valence-corrected chi connectivity index (χ2v) is 13.1. The van der Waals surface area contributed by atoms with Crippen LogP contribution in [0.25, 0.3) is 0 Å². The summed E-state index contributed by atoms with van der Waals surface area (Å²) in [6, 6.07) is 26.4. The molecule has 4 aromatic carbocycles. The number of aryl methyl sites for hydroxylation is 1. The second-order valence-electron chi connectivity index (χ2n) is 9.33. The first-order chi connectivity index (χ1) is 19.5. The largest absolute Gasteiger partial charge is 0.300 e. The molecule has 9 heteroatoms. The number of hydrogen-bond acceptors (Lipinski definition) is 4. The molecule has 2 amide bonds. The zero-order valence-corrected chi connectivity index (χ0v) is 26.3. The summed E-state index contributed by atoms with van der Waals surface area (Å²) in [6.07, 6.45) is 5.25. The maximum absolute atomic E-state index is 14.1. The highest BCUT2D eigenvalue weighted by Crippen LogP contribution is 2.36. The Bertz CT molecular complexity index is 1700. The summed E-state index contributed by atoms with van der Waals surface area (Å²) >= 11 is 6.99. The second kappa shape index (κ2) is 12.9. The van der Waals surface area contributed by atoms with Crippen molar-refractivity contribution in [2.24, 2.45) is 0 Å². The van der Waals surface area contributed by atoms with E-state index in [4.69, 9.17) is 6.42 Å². The van der Waals surface area contributed by atoms with Gasteiger partial charge in [-0.15, -0.1) is 6.42 Å². The maximum atomic E-state index is 14.1. The van der Waals surface area contributed by atoms with Crippen molar-refractivity contribution in [1.29, 1.82) is 0 Å². The molecule has 0 spiro atoms. The molecule has 0 bridgehead atoms. The van der Waals surface area contributed by atoms with Gasteiger partial charge in [-0.05, 0) is 67.1 Å². The normalized spacial score (nSPS) is 11.8. The van der Waals surface area contributed by atoms with Gasteiger partial charge in [0.05, 0.1) is 17.4 Å². The number of rotatable bonds is 8. The Morgan fingerprint density at radius 1 is 0.878 bits per heavy atom. The monoisotopic (exact) mass is 692 g/mol. The van der Waals surface area contributed by atoms with Crippen LogP contribution in [0.1, 0.15) is 39.5 Å². The van der Waals surface area contributed by atoms with Gasteiger partial charge in [0.2, 0.25) is 5.91 Å². The summed E-state index contributed by atoms with van der Waals surface area (Å²) in [4.78, 5) is 29.4. The highest BCUT2D eigenvalue weighted by atomic mass is 79.9. The maximum Gasteiger partial charge on any atom is 0.266 e. The molecule has 0 aliphatic heterocycles. The molecule has 1 atom stereocenters. The molecule has 4 aromatic rings. The summed E-state index contributed by atoms with van der Waals surface area (Å²) < 4.78 is 28.9. The van der Waals surface area contributed by atoms with Gasteiger partial charge in [0.15, 0.2) is 0 Å². The number of carbonyl (C=O) groups is 2. The van der Waals surface area contributed by atoms with Gasteiger partial charge in [0.1, 0.15) is 0 Å². The van der Waals surface area contributed by atoms with Crippen molar-refractivity contribution in [1.82, 2.24) is 4.31 Å². The van der Waals surface area contributed by atoms with Gasteiger partial charge < -0.3 is 4.90 Å². The molecule has 0 fully saturated rings. The van der Waals surface area contributed by atoms with E-state index >= 15 is 0 Å². The minimum atomic E-state index is -4.13. The smallest absolute Gasteiger partial charge is 0.266 e. The molecular formula is C32H26Br2N2O4S. The van der Waals surface area contributed by atoms with Gasteiger partial charge in [-0.1, -0.05) is 85.8 Å².